The lowest BCUT2D eigenvalue weighted by molar-refractivity contribution is 0.260. The molecule has 6 heteroatoms. The van der Waals surface area contributed by atoms with Crippen LogP contribution in [0, 0.1) is 6.92 Å². The number of aryl methyl sites for hydroxylation is 1. The van der Waals surface area contributed by atoms with E-state index in [2.05, 4.69) is 6.58 Å². The lowest BCUT2D eigenvalue weighted by Crippen LogP contribution is -2.33. The van der Waals surface area contributed by atoms with E-state index >= 15 is 0 Å². The molecule has 2 aromatic rings. The van der Waals surface area contributed by atoms with Gasteiger partial charge in [-0.15, -0.1) is 17.9 Å². The smallest absolute Gasteiger partial charge is 0.245 e. The summed E-state index contributed by atoms with van der Waals surface area (Å²) < 4.78 is 27.8. The molecule has 0 saturated carbocycles. The van der Waals surface area contributed by atoms with E-state index in [4.69, 9.17) is 5.11 Å². The lowest BCUT2D eigenvalue weighted by atomic mass is 10.2. The maximum Gasteiger partial charge on any atom is 0.245 e. The van der Waals surface area contributed by atoms with Gasteiger partial charge >= 0.3 is 0 Å². The standard InChI is InChI=1S/C14H17NO3S2/c1-3-8-15(9-10-16)20(17,18)14-11(2)19-13-7-5-4-6-12(13)14/h3-7,16H,1,8-10H2,2H3. The molecule has 4 nitrogen and oxygen atoms in total. The van der Waals surface area contributed by atoms with Crippen molar-refractivity contribution in [2.45, 2.75) is 11.8 Å². The molecule has 1 aromatic heterocycles. The highest BCUT2D eigenvalue weighted by Crippen LogP contribution is 2.35. The van der Waals surface area contributed by atoms with Crippen molar-refractivity contribution in [3.8, 4) is 0 Å². The molecule has 20 heavy (non-hydrogen) atoms. The van der Waals surface area contributed by atoms with Gasteiger partial charge in [0.05, 0.1) is 6.61 Å². The second-order valence-electron chi connectivity index (χ2n) is 4.36. The fraction of sp³-hybridized carbons (Fsp3) is 0.286. The number of thiophene rings is 1. The van der Waals surface area contributed by atoms with E-state index in [1.165, 1.54) is 21.7 Å². The van der Waals surface area contributed by atoms with Crippen molar-refractivity contribution >= 4 is 31.4 Å². The second-order valence-corrected chi connectivity index (χ2v) is 7.49. The molecule has 0 saturated heterocycles. The van der Waals surface area contributed by atoms with Crippen LogP contribution in [0.3, 0.4) is 0 Å². The lowest BCUT2D eigenvalue weighted by Gasteiger charge is -2.19. The summed E-state index contributed by atoms with van der Waals surface area (Å²) in [4.78, 5) is 1.10. The zero-order valence-electron chi connectivity index (χ0n) is 11.2. The Morgan fingerprint density at radius 2 is 2.10 bits per heavy atom. The predicted octanol–water partition coefficient (Wildman–Crippen LogP) is 2.38. The molecule has 0 radical (unpaired) electrons. The number of rotatable bonds is 6. The van der Waals surface area contributed by atoms with Crippen LogP contribution in [0.2, 0.25) is 0 Å². The number of hydrogen-bond acceptors (Lipinski definition) is 4. The minimum atomic E-state index is -3.63. The third-order valence-corrected chi connectivity index (χ3v) is 6.26. The van der Waals surface area contributed by atoms with Crippen molar-refractivity contribution in [2.24, 2.45) is 0 Å². The number of sulfonamides is 1. The Morgan fingerprint density at radius 1 is 1.40 bits per heavy atom. The fourth-order valence-corrected chi connectivity index (χ4v) is 5.32. The average Bonchev–Trinajstić information content (AvgIpc) is 2.74. The van der Waals surface area contributed by atoms with Crippen LogP contribution in [0.4, 0.5) is 0 Å². The summed E-state index contributed by atoms with van der Waals surface area (Å²) in [5, 5.41) is 9.81. The second kappa shape index (κ2) is 6.05. The third-order valence-electron chi connectivity index (χ3n) is 2.99. The van der Waals surface area contributed by atoms with Gasteiger partial charge in [-0.05, 0) is 13.0 Å². The van der Waals surface area contributed by atoms with Crippen LogP contribution in [-0.4, -0.2) is 37.5 Å². The van der Waals surface area contributed by atoms with E-state index in [0.29, 0.717) is 4.90 Å². The van der Waals surface area contributed by atoms with Gasteiger partial charge in [-0.2, -0.15) is 4.31 Å². The highest BCUT2D eigenvalue weighted by Gasteiger charge is 2.28. The van der Waals surface area contributed by atoms with Gasteiger partial charge in [0.25, 0.3) is 0 Å². The Hall–Kier alpha value is -1.21. The molecule has 0 aliphatic carbocycles. The van der Waals surface area contributed by atoms with Gasteiger partial charge in [0.15, 0.2) is 0 Å². The molecular weight excluding hydrogens is 294 g/mol. The molecule has 1 aromatic carbocycles. The first-order valence-electron chi connectivity index (χ1n) is 6.22. The highest BCUT2D eigenvalue weighted by molar-refractivity contribution is 7.89. The highest BCUT2D eigenvalue weighted by atomic mass is 32.2. The topological polar surface area (TPSA) is 57.6 Å². The molecule has 1 N–H and O–H groups in total. The Labute approximate surface area is 123 Å². The van der Waals surface area contributed by atoms with Crippen LogP contribution in [0.25, 0.3) is 10.1 Å². The van der Waals surface area contributed by atoms with Gasteiger partial charge in [-0.25, -0.2) is 8.42 Å². The van der Waals surface area contributed by atoms with Gasteiger partial charge in [-0.3, -0.25) is 0 Å². The molecule has 0 atom stereocenters. The summed E-state index contributed by atoms with van der Waals surface area (Å²) in [5.41, 5.74) is 0. The number of benzene rings is 1. The minimum Gasteiger partial charge on any atom is -0.395 e. The quantitative estimate of drug-likeness (QED) is 0.833. The van der Waals surface area contributed by atoms with Crippen molar-refractivity contribution < 1.29 is 13.5 Å². The van der Waals surface area contributed by atoms with E-state index in [1.54, 1.807) is 0 Å². The van der Waals surface area contributed by atoms with Crippen LogP contribution in [0.5, 0.6) is 0 Å². The Balaban J connectivity index is 2.61. The Bertz CT molecular complexity index is 719. The minimum absolute atomic E-state index is 0.0674. The van der Waals surface area contributed by atoms with Crippen molar-refractivity contribution in [3.05, 3.63) is 41.8 Å². The molecule has 1 heterocycles. The fourth-order valence-electron chi connectivity index (χ4n) is 2.16. The number of aliphatic hydroxyl groups excluding tert-OH is 1. The summed E-state index contributed by atoms with van der Waals surface area (Å²) in [6.07, 6.45) is 1.52. The van der Waals surface area contributed by atoms with Crippen molar-refractivity contribution in [1.82, 2.24) is 4.31 Å². The first-order chi connectivity index (χ1) is 9.52. The molecule has 0 unspecified atom stereocenters. The van der Waals surface area contributed by atoms with Gasteiger partial charge in [0.2, 0.25) is 10.0 Å². The SMILES string of the molecule is C=CCN(CCO)S(=O)(=O)c1c(C)sc2ccccc12. The number of aliphatic hydroxyl groups is 1. The van der Waals surface area contributed by atoms with E-state index in [1.807, 2.05) is 31.2 Å². The number of nitrogens with zero attached hydrogens (tertiary/aromatic N) is 1. The first-order valence-corrected chi connectivity index (χ1v) is 8.48. The largest absolute Gasteiger partial charge is 0.395 e. The summed E-state index contributed by atoms with van der Waals surface area (Å²) in [5.74, 6) is 0. The molecule has 2 rings (SSSR count). The summed E-state index contributed by atoms with van der Waals surface area (Å²) in [7, 11) is -3.63. The van der Waals surface area contributed by atoms with Gasteiger partial charge < -0.3 is 5.11 Å². The summed E-state index contributed by atoms with van der Waals surface area (Å²) >= 11 is 1.47. The van der Waals surface area contributed by atoms with Crippen LogP contribution in [0.15, 0.2) is 41.8 Å². The van der Waals surface area contributed by atoms with Crippen LogP contribution in [0.1, 0.15) is 4.88 Å². The third kappa shape index (κ3) is 2.64. The van der Waals surface area contributed by atoms with Gasteiger partial charge in [0.1, 0.15) is 4.90 Å². The molecule has 0 amide bonds. The molecule has 0 fully saturated rings. The number of fused-ring (bicyclic) bond motifs is 1. The predicted molar refractivity (Wildman–Crippen MR) is 82.6 cm³/mol. The molecule has 0 bridgehead atoms. The van der Waals surface area contributed by atoms with Crippen molar-refractivity contribution in [1.29, 1.82) is 0 Å². The van der Waals surface area contributed by atoms with Crippen molar-refractivity contribution in [3.63, 3.8) is 0 Å². The normalized spacial score (nSPS) is 12.2. The van der Waals surface area contributed by atoms with Crippen LogP contribution < -0.4 is 0 Å². The molecule has 0 aliphatic rings. The monoisotopic (exact) mass is 311 g/mol. The van der Waals surface area contributed by atoms with E-state index < -0.39 is 10.0 Å². The average molecular weight is 311 g/mol. The van der Waals surface area contributed by atoms with E-state index in [-0.39, 0.29) is 19.7 Å². The number of hydrogen-bond donors (Lipinski definition) is 1. The van der Waals surface area contributed by atoms with Crippen molar-refractivity contribution in [2.75, 3.05) is 19.7 Å². The zero-order valence-corrected chi connectivity index (χ0v) is 12.9. The molecule has 0 aliphatic heterocycles. The van der Waals surface area contributed by atoms with Gasteiger partial charge in [0, 0.05) is 28.1 Å². The molecular formula is C14H17NO3S2. The Morgan fingerprint density at radius 3 is 2.75 bits per heavy atom. The zero-order chi connectivity index (χ0) is 14.8. The summed E-state index contributed by atoms with van der Waals surface area (Å²) in [6.45, 7) is 5.43. The van der Waals surface area contributed by atoms with E-state index in [0.717, 1.165) is 15.0 Å². The Kier molecular flexibility index (Phi) is 4.59. The maximum absolute atomic E-state index is 12.8. The molecule has 0 spiro atoms. The van der Waals surface area contributed by atoms with Gasteiger partial charge in [-0.1, -0.05) is 24.3 Å². The van der Waals surface area contributed by atoms with Crippen LogP contribution in [-0.2, 0) is 10.0 Å². The summed E-state index contributed by atoms with van der Waals surface area (Å²) in [6, 6.07) is 7.45. The van der Waals surface area contributed by atoms with Crippen LogP contribution >= 0.6 is 11.3 Å². The maximum atomic E-state index is 12.8. The van der Waals surface area contributed by atoms with E-state index in [9.17, 15) is 8.42 Å². The first kappa shape index (κ1) is 15.2. The molecule has 108 valence electrons.